The SMILES string of the molecule is CC(=O)C(C)NC(O)OC(C)(C)C. The highest BCUT2D eigenvalue weighted by molar-refractivity contribution is 5.80. The summed E-state index contributed by atoms with van der Waals surface area (Å²) in [6.45, 7) is 8.63. The summed E-state index contributed by atoms with van der Waals surface area (Å²) in [6.07, 6.45) is -1.10. The highest BCUT2D eigenvalue weighted by Crippen LogP contribution is 2.08. The Hall–Kier alpha value is -0.450. The molecule has 0 bridgehead atoms. The first-order valence-corrected chi connectivity index (χ1v) is 4.35. The van der Waals surface area contributed by atoms with Gasteiger partial charge in [-0.25, -0.2) is 0 Å². The van der Waals surface area contributed by atoms with Gasteiger partial charge in [-0.05, 0) is 34.6 Å². The number of rotatable bonds is 4. The molecule has 0 radical (unpaired) electrons. The van der Waals surface area contributed by atoms with E-state index in [4.69, 9.17) is 4.74 Å². The largest absolute Gasteiger partial charge is 0.356 e. The van der Waals surface area contributed by atoms with Crippen LogP contribution >= 0.6 is 0 Å². The van der Waals surface area contributed by atoms with Gasteiger partial charge in [-0.2, -0.15) is 0 Å². The van der Waals surface area contributed by atoms with Gasteiger partial charge in [-0.1, -0.05) is 0 Å². The van der Waals surface area contributed by atoms with Gasteiger partial charge < -0.3 is 9.84 Å². The highest BCUT2D eigenvalue weighted by Gasteiger charge is 2.19. The van der Waals surface area contributed by atoms with E-state index in [2.05, 4.69) is 5.32 Å². The van der Waals surface area contributed by atoms with Crippen molar-refractivity contribution in [3.05, 3.63) is 0 Å². The van der Waals surface area contributed by atoms with E-state index in [9.17, 15) is 9.90 Å². The number of nitrogens with one attached hydrogen (secondary N) is 1. The van der Waals surface area contributed by atoms with Crippen LogP contribution in [0.15, 0.2) is 0 Å². The van der Waals surface area contributed by atoms with Gasteiger partial charge in [-0.3, -0.25) is 10.1 Å². The molecule has 0 aliphatic rings. The summed E-state index contributed by atoms with van der Waals surface area (Å²) in [5.41, 5.74) is -0.428. The number of hydrogen-bond acceptors (Lipinski definition) is 4. The molecule has 0 saturated carbocycles. The zero-order valence-corrected chi connectivity index (χ0v) is 8.92. The number of Topliss-reactive ketones (excluding diaryl/α,β-unsaturated/α-hetero) is 1. The fraction of sp³-hybridized carbons (Fsp3) is 0.889. The molecular weight excluding hydrogens is 170 g/mol. The molecule has 2 N–H and O–H groups in total. The third kappa shape index (κ3) is 6.69. The van der Waals surface area contributed by atoms with E-state index >= 15 is 0 Å². The molecule has 2 unspecified atom stereocenters. The molecular formula is C9H19NO3. The topological polar surface area (TPSA) is 58.6 Å². The van der Waals surface area contributed by atoms with Crippen molar-refractivity contribution in [3.8, 4) is 0 Å². The van der Waals surface area contributed by atoms with Gasteiger partial charge in [0.2, 0.25) is 6.41 Å². The number of aliphatic hydroxyl groups is 1. The van der Waals surface area contributed by atoms with Crippen molar-refractivity contribution in [2.75, 3.05) is 0 Å². The van der Waals surface area contributed by atoms with Crippen LogP contribution in [0.4, 0.5) is 0 Å². The van der Waals surface area contributed by atoms with E-state index in [-0.39, 0.29) is 5.78 Å². The normalized spacial score (nSPS) is 16.8. The van der Waals surface area contributed by atoms with Gasteiger partial charge >= 0.3 is 0 Å². The molecule has 0 aromatic heterocycles. The molecule has 4 heteroatoms. The van der Waals surface area contributed by atoms with Gasteiger partial charge in [0.05, 0.1) is 11.6 Å². The average molecular weight is 189 g/mol. The average Bonchev–Trinajstić information content (AvgIpc) is 1.81. The lowest BCUT2D eigenvalue weighted by Gasteiger charge is -2.25. The fourth-order valence-electron chi connectivity index (χ4n) is 0.700. The van der Waals surface area contributed by atoms with Gasteiger partial charge in [0, 0.05) is 0 Å². The zero-order chi connectivity index (χ0) is 10.6. The van der Waals surface area contributed by atoms with E-state index in [1.54, 1.807) is 6.92 Å². The van der Waals surface area contributed by atoms with Crippen molar-refractivity contribution < 1.29 is 14.6 Å². The third-order valence-electron chi connectivity index (χ3n) is 1.47. The Morgan fingerprint density at radius 2 is 1.92 bits per heavy atom. The second-order valence-corrected chi connectivity index (χ2v) is 4.08. The first kappa shape index (κ1) is 12.6. The fourth-order valence-corrected chi connectivity index (χ4v) is 0.700. The zero-order valence-electron chi connectivity index (χ0n) is 8.92. The van der Waals surface area contributed by atoms with E-state index in [1.165, 1.54) is 6.92 Å². The van der Waals surface area contributed by atoms with Crippen LogP contribution in [-0.2, 0) is 9.53 Å². The lowest BCUT2D eigenvalue weighted by molar-refractivity contribution is -0.185. The number of ketones is 1. The van der Waals surface area contributed by atoms with Crippen LogP contribution in [0.1, 0.15) is 34.6 Å². The maximum atomic E-state index is 10.8. The lowest BCUT2D eigenvalue weighted by Crippen LogP contribution is -2.45. The Morgan fingerprint density at radius 1 is 1.46 bits per heavy atom. The molecule has 0 aliphatic heterocycles. The van der Waals surface area contributed by atoms with Gasteiger partial charge in [0.1, 0.15) is 5.78 Å². The first-order chi connectivity index (χ1) is 5.72. The van der Waals surface area contributed by atoms with Crippen molar-refractivity contribution in [3.63, 3.8) is 0 Å². The smallest absolute Gasteiger partial charge is 0.214 e. The molecule has 2 atom stereocenters. The summed E-state index contributed by atoms with van der Waals surface area (Å²) in [5.74, 6) is -0.0310. The molecule has 0 fully saturated rings. The molecule has 13 heavy (non-hydrogen) atoms. The van der Waals surface area contributed by atoms with Crippen LogP contribution in [-0.4, -0.2) is 28.9 Å². The minimum atomic E-state index is -1.10. The van der Waals surface area contributed by atoms with Gasteiger partial charge in [-0.15, -0.1) is 0 Å². The summed E-state index contributed by atoms with van der Waals surface area (Å²) >= 11 is 0. The van der Waals surface area contributed by atoms with Crippen molar-refractivity contribution >= 4 is 5.78 Å². The Bertz CT molecular complexity index is 174. The van der Waals surface area contributed by atoms with Crippen LogP contribution in [0.5, 0.6) is 0 Å². The summed E-state index contributed by atoms with van der Waals surface area (Å²) in [6, 6.07) is -0.391. The maximum Gasteiger partial charge on any atom is 0.214 e. The van der Waals surface area contributed by atoms with E-state index in [0.29, 0.717) is 0 Å². The first-order valence-electron chi connectivity index (χ1n) is 4.35. The number of carbonyl (C=O) groups excluding carboxylic acids is 1. The molecule has 0 aliphatic carbocycles. The van der Waals surface area contributed by atoms with Crippen molar-refractivity contribution in [2.45, 2.75) is 52.7 Å². The Balaban J connectivity index is 3.88. The van der Waals surface area contributed by atoms with Crippen molar-refractivity contribution in [1.29, 1.82) is 0 Å². The quantitative estimate of drug-likeness (QED) is 0.637. The summed E-state index contributed by atoms with van der Waals surface area (Å²) < 4.78 is 5.15. The number of carbonyl (C=O) groups is 1. The number of aliphatic hydroxyl groups excluding tert-OH is 1. The van der Waals surface area contributed by atoms with Crippen LogP contribution < -0.4 is 5.32 Å². The number of ether oxygens (including phenoxy) is 1. The summed E-state index contributed by atoms with van der Waals surface area (Å²) in [7, 11) is 0. The monoisotopic (exact) mass is 189 g/mol. The van der Waals surface area contributed by atoms with E-state index in [0.717, 1.165) is 0 Å². The second-order valence-electron chi connectivity index (χ2n) is 4.08. The standard InChI is InChI=1S/C9H19NO3/c1-6(7(2)11)10-8(12)13-9(3,4)5/h6,8,10,12H,1-5H3. The minimum Gasteiger partial charge on any atom is -0.356 e. The molecule has 0 aromatic carbocycles. The Kier molecular flexibility index (Phi) is 4.53. The maximum absolute atomic E-state index is 10.8. The van der Waals surface area contributed by atoms with Crippen LogP contribution in [0.25, 0.3) is 0 Å². The minimum absolute atomic E-state index is 0.0310. The molecule has 78 valence electrons. The highest BCUT2D eigenvalue weighted by atomic mass is 16.6. The number of hydrogen-bond donors (Lipinski definition) is 2. The molecule has 0 aromatic rings. The predicted molar refractivity (Wildman–Crippen MR) is 50.1 cm³/mol. The molecule has 0 rings (SSSR count). The van der Waals surface area contributed by atoms with Crippen LogP contribution in [0, 0.1) is 0 Å². The summed E-state index contributed by atoms with van der Waals surface area (Å²) in [5, 5.41) is 11.9. The molecule has 0 amide bonds. The van der Waals surface area contributed by atoms with Crippen molar-refractivity contribution in [2.24, 2.45) is 0 Å². The van der Waals surface area contributed by atoms with Gasteiger partial charge in [0.15, 0.2) is 0 Å². The molecule has 0 heterocycles. The van der Waals surface area contributed by atoms with Crippen LogP contribution in [0.2, 0.25) is 0 Å². The predicted octanol–water partition coefficient (Wildman–Crippen LogP) is 0.644. The lowest BCUT2D eigenvalue weighted by atomic mass is 10.2. The van der Waals surface area contributed by atoms with Crippen LogP contribution in [0.3, 0.4) is 0 Å². The van der Waals surface area contributed by atoms with Gasteiger partial charge in [0.25, 0.3) is 0 Å². The Morgan fingerprint density at radius 3 is 2.23 bits per heavy atom. The molecule has 4 nitrogen and oxygen atoms in total. The second kappa shape index (κ2) is 4.69. The molecule has 0 saturated heterocycles. The summed E-state index contributed by atoms with van der Waals surface area (Å²) in [4.78, 5) is 10.8. The molecule has 0 spiro atoms. The Labute approximate surface area is 79.3 Å². The third-order valence-corrected chi connectivity index (χ3v) is 1.47. The van der Waals surface area contributed by atoms with Crippen molar-refractivity contribution in [1.82, 2.24) is 5.32 Å². The van der Waals surface area contributed by atoms with E-state index < -0.39 is 18.1 Å². The van der Waals surface area contributed by atoms with E-state index in [1.807, 2.05) is 20.8 Å².